The maximum atomic E-state index is 11.9. The Morgan fingerprint density at radius 3 is 2.00 bits per heavy atom. The van der Waals surface area contributed by atoms with E-state index in [1.54, 1.807) is 25.2 Å². The minimum absolute atomic E-state index is 0.106. The summed E-state index contributed by atoms with van der Waals surface area (Å²) in [5, 5.41) is 5.58. The molecule has 1 N–H and O–H groups in total. The zero-order valence-electron chi connectivity index (χ0n) is 21.4. The maximum Gasteiger partial charge on any atom is 0.246 e. The molecule has 0 bridgehead atoms. The Hall–Kier alpha value is -3.61. The van der Waals surface area contributed by atoms with Crippen molar-refractivity contribution in [2.24, 2.45) is 0 Å². The standard InChI is InChI=1S/C15H16N2O.C11H12N2.C4H5ClO/c1-2-5-15(18)16-8-9-17-13(11-16)10-12-6-3-4-7-14(12)17;1-2-4-11-9(3-1)7-10-8-12-5-6-13(10)11;1-2-3-4(5)6/h2-7,10H,8-9,11H2,1H3;1-4,7,12H,5-6,8H2;2-3H,1H3/b5-2+;;3-2+. The second-order valence-corrected chi connectivity index (χ2v) is 9.31. The summed E-state index contributed by atoms with van der Waals surface area (Å²) in [5.74, 6) is 0.106. The quantitative estimate of drug-likeness (QED) is 0.277. The van der Waals surface area contributed by atoms with Gasteiger partial charge in [-0.05, 0) is 72.6 Å². The molecule has 6 rings (SSSR count). The van der Waals surface area contributed by atoms with Crippen molar-refractivity contribution in [3.8, 4) is 0 Å². The number of carbonyl (C=O) groups is 2. The second kappa shape index (κ2) is 12.6. The number of benzene rings is 2. The second-order valence-electron chi connectivity index (χ2n) is 8.93. The van der Waals surface area contributed by atoms with Crippen LogP contribution in [0.2, 0.25) is 0 Å². The third-order valence-electron chi connectivity index (χ3n) is 6.48. The van der Waals surface area contributed by atoms with E-state index in [1.807, 2.05) is 11.8 Å². The van der Waals surface area contributed by atoms with Gasteiger partial charge in [0, 0.05) is 55.1 Å². The molecular weight excluding hydrogens is 484 g/mol. The smallest absolute Gasteiger partial charge is 0.246 e. The van der Waals surface area contributed by atoms with Crippen molar-refractivity contribution in [1.82, 2.24) is 19.4 Å². The number of halogens is 1. The third-order valence-corrected chi connectivity index (χ3v) is 6.60. The molecule has 0 atom stereocenters. The van der Waals surface area contributed by atoms with Gasteiger partial charge >= 0.3 is 0 Å². The van der Waals surface area contributed by atoms with Crippen LogP contribution in [0.3, 0.4) is 0 Å². The minimum Gasteiger partial charge on any atom is -0.342 e. The Morgan fingerprint density at radius 2 is 1.41 bits per heavy atom. The normalized spacial score (nSPS) is 14.6. The number of carbonyl (C=O) groups excluding carboxylic acids is 2. The van der Waals surface area contributed by atoms with Crippen LogP contribution in [0.25, 0.3) is 21.8 Å². The van der Waals surface area contributed by atoms with Gasteiger partial charge in [-0.3, -0.25) is 9.59 Å². The monoisotopic (exact) mass is 516 g/mol. The van der Waals surface area contributed by atoms with Crippen LogP contribution in [0.4, 0.5) is 0 Å². The van der Waals surface area contributed by atoms with E-state index in [0.29, 0.717) is 6.54 Å². The Balaban J connectivity index is 0.000000147. The first kappa shape index (κ1) is 26.5. The fourth-order valence-corrected chi connectivity index (χ4v) is 4.94. The van der Waals surface area contributed by atoms with Crippen LogP contribution in [0.5, 0.6) is 0 Å². The van der Waals surface area contributed by atoms with Crippen LogP contribution in [0, 0.1) is 0 Å². The largest absolute Gasteiger partial charge is 0.342 e. The summed E-state index contributed by atoms with van der Waals surface area (Å²) in [6.07, 6.45) is 6.32. The molecule has 4 aromatic rings. The van der Waals surface area contributed by atoms with Crippen molar-refractivity contribution in [2.75, 3.05) is 13.1 Å². The molecule has 2 aromatic heterocycles. The molecule has 0 saturated carbocycles. The van der Waals surface area contributed by atoms with Crippen LogP contribution < -0.4 is 5.32 Å². The van der Waals surface area contributed by atoms with E-state index in [0.717, 1.165) is 32.7 Å². The van der Waals surface area contributed by atoms with Crippen molar-refractivity contribution in [1.29, 1.82) is 0 Å². The Bertz CT molecular complexity index is 1450. The molecule has 0 saturated heterocycles. The molecule has 0 radical (unpaired) electrons. The highest BCUT2D eigenvalue weighted by molar-refractivity contribution is 6.66. The van der Waals surface area contributed by atoms with Gasteiger partial charge in [-0.25, -0.2) is 0 Å². The van der Waals surface area contributed by atoms with Gasteiger partial charge in [-0.15, -0.1) is 0 Å². The lowest BCUT2D eigenvalue weighted by molar-refractivity contribution is -0.127. The number of fused-ring (bicyclic) bond motifs is 6. The highest BCUT2D eigenvalue weighted by atomic mass is 35.5. The number of para-hydroxylation sites is 2. The van der Waals surface area contributed by atoms with Crippen molar-refractivity contribution >= 4 is 44.6 Å². The summed E-state index contributed by atoms with van der Waals surface area (Å²) in [5.41, 5.74) is 5.28. The Labute approximate surface area is 222 Å². The molecule has 1 amide bonds. The van der Waals surface area contributed by atoms with Crippen molar-refractivity contribution < 1.29 is 9.59 Å². The number of rotatable bonds is 2. The van der Waals surface area contributed by atoms with E-state index in [1.165, 1.54) is 39.3 Å². The molecule has 4 heterocycles. The molecule has 2 aromatic carbocycles. The molecule has 0 unspecified atom stereocenters. The number of hydrogen-bond acceptors (Lipinski definition) is 3. The fraction of sp³-hybridized carbons (Fsp3) is 0.267. The van der Waals surface area contributed by atoms with Crippen molar-refractivity contribution in [2.45, 2.75) is 40.0 Å². The van der Waals surface area contributed by atoms with Crippen LogP contribution >= 0.6 is 11.6 Å². The van der Waals surface area contributed by atoms with Crippen molar-refractivity contribution in [3.05, 3.63) is 96.4 Å². The van der Waals surface area contributed by atoms with Gasteiger partial charge in [0.1, 0.15) is 0 Å². The molecule has 0 fully saturated rings. The summed E-state index contributed by atoms with van der Waals surface area (Å²) < 4.78 is 4.72. The van der Waals surface area contributed by atoms with E-state index >= 15 is 0 Å². The van der Waals surface area contributed by atoms with Gasteiger partial charge in [-0.1, -0.05) is 48.6 Å². The molecule has 2 aliphatic rings. The summed E-state index contributed by atoms with van der Waals surface area (Å²) in [4.78, 5) is 23.5. The average molecular weight is 517 g/mol. The van der Waals surface area contributed by atoms with Gasteiger partial charge in [0.15, 0.2) is 0 Å². The van der Waals surface area contributed by atoms with E-state index in [2.05, 4.69) is 75.1 Å². The van der Waals surface area contributed by atoms with E-state index in [9.17, 15) is 9.59 Å². The lowest BCUT2D eigenvalue weighted by Gasteiger charge is -2.28. The number of aromatic nitrogens is 2. The van der Waals surface area contributed by atoms with Gasteiger partial charge in [0.2, 0.25) is 11.1 Å². The predicted octanol–water partition coefficient (Wildman–Crippen LogP) is 5.63. The van der Waals surface area contributed by atoms with Gasteiger partial charge < -0.3 is 19.4 Å². The lowest BCUT2D eigenvalue weighted by atomic mass is 10.2. The minimum atomic E-state index is -0.419. The molecule has 37 heavy (non-hydrogen) atoms. The Morgan fingerprint density at radius 1 is 0.811 bits per heavy atom. The van der Waals surface area contributed by atoms with Gasteiger partial charge in [-0.2, -0.15) is 0 Å². The molecular formula is C30H33ClN4O2. The zero-order valence-corrected chi connectivity index (χ0v) is 22.1. The molecule has 192 valence electrons. The SMILES string of the molecule is C/C=C/C(=O)Cl.C/C=C/C(=O)N1CCn2c(cc3ccccc32)C1.c1ccc2c(c1)cc1n2CCNC1. The number of nitrogens with zero attached hydrogens (tertiary/aromatic N) is 3. The van der Waals surface area contributed by atoms with E-state index in [4.69, 9.17) is 11.6 Å². The molecule has 0 aliphatic carbocycles. The molecule has 7 heteroatoms. The first-order valence-electron chi connectivity index (χ1n) is 12.6. The summed E-state index contributed by atoms with van der Waals surface area (Å²) in [6.45, 7) is 9.18. The van der Waals surface area contributed by atoms with E-state index < -0.39 is 5.24 Å². The Kier molecular flexibility index (Phi) is 8.99. The first-order chi connectivity index (χ1) is 18.0. The van der Waals surface area contributed by atoms with Crippen LogP contribution in [0.1, 0.15) is 25.2 Å². The van der Waals surface area contributed by atoms with Gasteiger partial charge in [0.05, 0.1) is 6.54 Å². The third kappa shape index (κ3) is 6.40. The molecule has 6 nitrogen and oxygen atoms in total. The average Bonchev–Trinajstić information content (AvgIpc) is 3.47. The van der Waals surface area contributed by atoms with Gasteiger partial charge in [0.25, 0.3) is 0 Å². The van der Waals surface area contributed by atoms with Crippen LogP contribution in [-0.4, -0.2) is 38.3 Å². The number of nitrogens with one attached hydrogen (secondary N) is 1. The zero-order chi connectivity index (χ0) is 26.2. The van der Waals surface area contributed by atoms with E-state index in [-0.39, 0.29) is 5.91 Å². The maximum absolute atomic E-state index is 11.9. The topological polar surface area (TPSA) is 59.3 Å². The number of hydrogen-bond donors (Lipinski definition) is 1. The predicted molar refractivity (Wildman–Crippen MR) is 151 cm³/mol. The lowest BCUT2D eigenvalue weighted by Crippen LogP contribution is -2.37. The van der Waals surface area contributed by atoms with Crippen LogP contribution in [0.15, 0.2) is 85.0 Å². The summed E-state index contributed by atoms with van der Waals surface area (Å²) in [6, 6.07) is 21.4. The molecule has 2 aliphatic heterocycles. The highest BCUT2D eigenvalue weighted by Crippen LogP contribution is 2.24. The van der Waals surface area contributed by atoms with Crippen LogP contribution in [-0.2, 0) is 35.8 Å². The highest BCUT2D eigenvalue weighted by Gasteiger charge is 2.20. The number of allylic oxidation sites excluding steroid dienone is 3. The van der Waals surface area contributed by atoms with Crippen molar-refractivity contribution in [3.63, 3.8) is 0 Å². The summed E-state index contributed by atoms with van der Waals surface area (Å²) in [7, 11) is 0. The fourth-order valence-electron chi connectivity index (χ4n) is 4.81. The summed E-state index contributed by atoms with van der Waals surface area (Å²) >= 11 is 4.85. The first-order valence-corrected chi connectivity index (χ1v) is 13.0. The molecule has 0 spiro atoms. The number of amides is 1.